The number of nitrogens with two attached hydrogens (primary N) is 1. The number of rotatable bonds is 3. The smallest absolute Gasteiger partial charge is 0.287 e. The highest BCUT2D eigenvalue weighted by atomic mass is 35.5. The Morgan fingerprint density at radius 2 is 2.24 bits per heavy atom. The van der Waals surface area contributed by atoms with Crippen molar-refractivity contribution >= 4 is 17.3 Å². The SMILES string of the molecule is Cn1ncc(NC2(CN)CCCC2)c(Cl)c1=O. The number of halogens is 1. The molecule has 0 saturated heterocycles. The van der Waals surface area contributed by atoms with Crippen molar-refractivity contribution in [3.63, 3.8) is 0 Å². The Morgan fingerprint density at radius 3 is 2.82 bits per heavy atom. The number of nitrogens with one attached hydrogen (secondary N) is 1. The van der Waals surface area contributed by atoms with E-state index in [9.17, 15) is 4.79 Å². The Bertz CT molecular complexity index is 465. The molecule has 2 rings (SSSR count). The fourth-order valence-corrected chi connectivity index (χ4v) is 2.53. The standard InChI is InChI=1S/C11H17ClN4O/c1-16-10(17)9(12)8(6-14-16)15-11(7-13)4-2-3-5-11/h6,15H,2-5,7,13H2,1H3. The van der Waals surface area contributed by atoms with Crippen molar-refractivity contribution in [3.05, 3.63) is 21.6 Å². The maximum Gasteiger partial charge on any atom is 0.287 e. The average Bonchev–Trinajstić information content (AvgIpc) is 2.79. The zero-order valence-electron chi connectivity index (χ0n) is 9.87. The molecule has 5 nitrogen and oxygen atoms in total. The van der Waals surface area contributed by atoms with E-state index in [-0.39, 0.29) is 16.1 Å². The number of nitrogens with zero attached hydrogens (tertiary/aromatic N) is 2. The molecule has 1 heterocycles. The lowest BCUT2D eigenvalue weighted by Gasteiger charge is -2.30. The summed E-state index contributed by atoms with van der Waals surface area (Å²) in [4.78, 5) is 11.7. The summed E-state index contributed by atoms with van der Waals surface area (Å²) in [5, 5.41) is 7.45. The van der Waals surface area contributed by atoms with Crippen LogP contribution in [-0.2, 0) is 7.05 Å². The van der Waals surface area contributed by atoms with Gasteiger partial charge in [0, 0.05) is 19.1 Å². The van der Waals surface area contributed by atoms with Crippen LogP contribution in [0.5, 0.6) is 0 Å². The predicted octanol–water partition coefficient (Wildman–Crippen LogP) is 1.12. The first-order valence-corrected chi connectivity index (χ1v) is 6.16. The Hall–Kier alpha value is -1.07. The molecule has 1 aliphatic rings. The molecule has 0 atom stereocenters. The second kappa shape index (κ2) is 4.66. The summed E-state index contributed by atoms with van der Waals surface area (Å²) < 4.78 is 1.22. The lowest BCUT2D eigenvalue weighted by Crippen LogP contribution is -2.43. The van der Waals surface area contributed by atoms with Crippen LogP contribution < -0.4 is 16.6 Å². The fraction of sp³-hybridized carbons (Fsp3) is 0.636. The first-order valence-electron chi connectivity index (χ1n) is 5.78. The Kier molecular flexibility index (Phi) is 3.40. The van der Waals surface area contributed by atoms with Crippen LogP contribution >= 0.6 is 11.6 Å². The molecule has 0 unspecified atom stereocenters. The monoisotopic (exact) mass is 256 g/mol. The van der Waals surface area contributed by atoms with Gasteiger partial charge in [0.25, 0.3) is 5.56 Å². The van der Waals surface area contributed by atoms with Crippen molar-refractivity contribution in [2.75, 3.05) is 11.9 Å². The van der Waals surface area contributed by atoms with E-state index in [1.54, 1.807) is 13.2 Å². The van der Waals surface area contributed by atoms with E-state index in [0.29, 0.717) is 12.2 Å². The van der Waals surface area contributed by atoms with Gasteiger partial charge in [-0.15, -0.1) is 0 Å². The van der Waals surface area contributed by atoms with Crippen LogP contribution in [0.3, 0.4) is 0 Å². The second-order valence-electron chi connectivity index (χ2n) is 4.62. The highest BCUT2D eigenvalue weighted by Gasteiger charge is 2.33. The Labute approximate surface area is 105 Å². The lowest BCUT2D eigenvalue weighted by molar-refractivity contribution is 0.492. The summed E-state index contributed by atoms with van der Waals surface area (Å²) >= 11 is 6.02. The minimum absolute atomic E-state index is 0.127. The lowest BCUT2D eigenvalue weighted by atomic mass is 9.97. The molecule has 0 bridgehead atoms. The van der Waals surface area contributed by atoms with Gasteiger partial charge >= 0.3 is 0 Å². The third-order valence-electron chi connectivity index (χ3n) is 3.43. The molecule has 1 aromatic heterocycles. The topological polar surface area (TPSA) is 72.9 Å². The minimum atomic E-state index is -0.290. The van der Waals surface area contributed by atoms with Gasteiger partial charge in [0.05, 0.1) is 11.9 Å². The van der Waals surface area contributed by atoms with Gasteiger partial charge in [-0.1, -0.05) is 24.4 Å². The van der Waals surface area contributed by atoms with Crippen LogP contribution in [0.1, 0.15) is 25.7 Å². The van der Waals surface area contributed by atoms with Gasteiger partial charge in [-0.3, -0.25) is 4.79 Å². The third kappa shape index (κ3) is 2.30. The van der Waals surface area contributed by atoms with E-state index >= 15 is 0 Å². The van der Waals surface area contributed by atoms with Gasteiger partial charge in [0.1, 0.15) is 5.02 Å². The molecule has 1 aromatic rings. The van der Waals surface area contributed by atoms with E-state index in [4.69, 9.17) is 17.3 Å². The van der Waals surface area contributed by atoms with Crippen molar-refractivity contribution < 1.29 is 0 Å². The molecule has 1 aliphatic carbocycles. The van der Waals surface area contributed by atoms with Crippen molar-refractivity contribution in [2.24, 2.45) is 12.8 Å². The molecule has 0 spiro atoms. The average molecular weight is 257 g/mol. The van der Waals surface area contributed by atoms with Crippen LogP contribution in [0.25, 0.3) is 0 Å². The normalized spacial score (nSPS) is 18.3. The largest absolute Gasteiger partial charge is 0.376 e. The fourth-order valence-electron chi connectivity index (χ4n) is 2.32. The number of aromatic nitrogens is 2. The number of hydrogen-bond acceptors (Lipinski definition) is 4. The zero-order valence-corrected chi connectivity index (χ0v) is 10.6. The second-order valence-corrected chi connectivity index (χ2v) is 5.00. The molecule has 94 valence electrons. The van der Waals surface area contributed by atoms with E-state index in [2.05, 4.69) is 10.4 Å². The number of hydrogen-bond donors (Lipinski definition) is 2. The van der Waals surface area contributed by atoms with Gasteiger partial charge in [0.15, 0.2) is 0 Å². The molecule has 1 fully saturated rings. The highest BCUT2D eigenvalue weighted by Crippen LogP contribution is 2.33. The van der Waals surface area contributed by atoms with E-state index < -0.39 is 0 Å². The van der Waals surface area contributed by atoms with Gasteiger partial charge in [0.2, 0.25) is 0 Å². The molecule has 0 amide bonds. The molecule has 0 aromatic carbocycles. The number of aryl methyl sites for hydroxylation is 1. The van der Waals surface area contributed by atoms with Gasteiger partial charge in [-0.05, 0) is 12.8 Å². The van der Waals surface area contributed by atoms with Crippen LogP contribution in [0.15, 0.2) is 11.0 Å². The van der Waals surface area contributed by atoms with Crippen molar-refractivity contribution in [1.82, 2.24) is 9.78 Å². The quantitative estimate of drug-likeness (QED) is 0.850. The predicted molar refractivity (Wildman–Crippen MR) is 68.4 cm³/mol. The molecule has 6 heteroatoms. The van der Waals surface area contributed by atoms with Crippen LogP contribution in [0, 0.1) is 0 Å². The van der Waals surface area contributed by atoms with E-state index in [0.717, 1.165) is 25.7 Å². The summed E-state index contributed by atoms with van der Waals surface area (Å²) in [6, 6.07) is 0. The number of anilines is 1. The maximum atomic E-state index is 11.7. The minimum Gasteiger partial charge on any atom is -0.376 e. The molecule has 3 N–H and O–H groups in total. The van der Waals surface area contributed by atoms with E-state index in [1.807, 2.05) is 0 Å². The highest BCUT2D eigenvalue weighted by molar-refractivity contribution is 6.32. The molecule has 17 heavy (non-hydrogen) atoms. The van der Waals surface area contributed by atoms with Crippen LogP contribution in [0.2, 0.25) is 5.02 Å². The molecular weight excluding hydrogens is 240 g/mol. The summed E-state index contributed by atoms with van der Waals surface area (Å²) in [5.74, 6) is 0. The first-order chi connectivity index (χ1) is 8.08. The zero-order chi connectivity index (χ0) is 12.5. The van der Waals surface area contributed by atoms with Gasteiger partial charge in [-0.2, -0.15) is 5.10 Å². The summed E-state index contributed by atoms with van der Waals surface area (Å²) in [6.45, 7) is 0.540. The van der Waals surface area contributed by atoms with Crippen LogP contribution in [0.4, 0.5) is 5.69 Å². The summed E-state index contributed by atoms with van der Waals surface area (Å²) in [6.07, 6.45) is 5.91. The van der Waals surface area contributed by atoms with Gasteiger partial charge < -0.3 is 11.1 Å². The van der Waals surface area contributed by atoms with Crippen molar-refractivity contribution in [1.29, 1.82) is 0 Å². The Balaban J connectivity index is 2.30. The Morgan fingerprint density at radius 1 is 1.59 bits per heavy atom. The molecule has 0 radical (unpaired) electrons. The van der Waals surface area contributed by atoms with Crippen LogP contribution in [-0.4, -0.2) is 21.9 Å². The molecular formula is C11H17ClN4O. The first kappa shape index (κ1) is 12.4. The van der Waals surface area contributed by atoms with Gasteiger partial charge in [-0.25, -0.2) is 4.68 Å². The van der Waals surface area contributed by atoms with E-state index in [1.165, 1.54) is 4.68 Å². The maximum absolute atomic E-state index is 11.7. The summed E-state index contributed by atoms with van der Waals surface area (Å²) in [7, 11) is 1.58. The summed E-state index contributed by atoms with van der Waals surface area (Å²) in [5.41, 5.74) is 5.99. The van der Waals surface area contributed by atoms with Crippen molar-refractivity contribution in [3.8, 4) is 0 Å². The van der Waals surface area contributed by atoms with Crippen molar-refractivity contribution in [2.45, 2.75) is 31.2 Å². The molecule has 1 saturated carbocycles. The molecule has 0 aliphatic heterocycles. The third-order valence-corrected chi connectivity index (χ3v) is 3.79.